The Morgan fingerprint density at radius 2 is 1.90 bits per heavy atom. The van der Waals surface area contributed by atoms with Crippen molar-refractivity contribution in [2.45, 2.75) is 0 Å². The molecule has 108 valence electrons. The lowest BCUT2D eigenvalue weighted by Gasteiger charge is -2.03. The second kappa shape index (κ2) is 5.62. The second-order valence-electron chi connectivity index (χ2n) is 4.30. The number of hydrogen-bond acceptors (Lipinski definition) is 4. The Hall–Kier alpha value is -1.05. The minimum absolute atomic E-state index is 0.520. The van der Waals surface area contributed by atoms with Crippen molar-refractivity contribution in [2.75, 3.05) is 12.8 Å². The molecule has 0 unspecified atom stereocenters. The van der Waals surface area contributed by atoms with Crippen LogP contribution >= 0.6 is 47.8 Å². The number of methoxy groups -OCH3 is 1. The molecule has 0 saturated carbocycles. The number of benzene rings is 2. The van der Waals surface area contributed by atoms with Crippen molar-refractivity contribution < 1.29 is 9.15 Å². The molecule has 1 heterocycles. The molecule has 1 aromatic heterocycles. The molecule has 0 bridgehead atoms. The molecule has 0 aliphatic heterocycles. The van der Waals surface area contributed by atoms with E-state index in [9.17, 15) is 0 Å². The van der Waals surface area contributed by atoms with Crippen LogP contribution in [0.25, 0.3) is 22.6 Å². The summed E-state index contributed by atoms with van der Waals surface area (Å²) in [6.07, 6.45) is 0. The summed E-state index contributed by atoms with van der Waals surface area (Å²) < 4.78 is 13.3. The average Bonchev–Trinajstić information content (AvgIpc) is 2.89. The van der Waals surface area contributed by atoms with Crippen LogP contribution in [0.2, 0.25) is 0 Å². The maximum atomic E-state index is 5.96. The van der Waals surface area contributed by atoms with Crippen LogP contribution < -0.4 is 10.5 Å². The number of nitrogen functional groups attached to an aromatic ring is 1. The third-order valence-electron chi connectivity index (χ3n) is 3.01. The number of hydrogen-bond donors (Lipinski definition) is 1. The highest BCUT2D eigenvalue weighted by molar-refractivity contribution is 9.11. The van der Waals surface area contributed by atoms with Gasteiger partial charge in [-0.05, 0) is 72.1 Å². The van der Waals surface area contributed by atoms with Gasteiger partial charge in [-0.15, -0.1) is 0 Å². The highest BCUT2D eigenvalue weighted by atomic mass is 79.9. The second-order valence-corrected chi connectivity index (χ2v) is 6.80. The van der Waals surface area contributed by atoms with Crippen molar-refractivity contribution in [1.29, 1.82) is 0 Å². The van der Waals surface area contributed by atoms with Gasteiger partial charge in [0.15, 0.2) is 5.58 Å². The summed E-state index contributed by atoms with van der Waals surface area (Å²) in [5, 5.41) is 0. The zero-order valence-electron chi connectivity index (χ0n) is 10.8. The van der Waals surface area contributed by atoms with E-state index in [1.807, 2.05) is 24.3 Å². The Morgan fingerprint density at radius 1 is 1.14 bits per heavy atom. The van der Waals surface area contributed by atoms with Gasteiger partial charge in [-0.3, -0.25) is 0 Å². The van der Waals surface area contributed by atoms with E-state index in [-0.39, 0.29) is 0 Å². The van der Waals surface area contributed by atoms with Crippen LogP contribution in [-0.2, 0) is 0 Å². The van der Waals surface area contributed by atoms with Crippen molar-refractivity contribution in [3.05, 3.63) is 37.7 Å². The first kappa shape index (κ1) is 14.9. The standard InChI is InChI=1S/C14H9Br3N2O2/c1-20-9-3-2-6(4-7(9)15)14-19-13-10(21-14)5-8(16)12(18)11(13)17/h2-5H,18H2,1H3. The first-order chi connectivity index (χ1) is 10.0. The van der Waals surface area contributed by atoms with Gasteiger partial charge in [0.1, 0.15) is 11.3 Å². The van der Waals surface area contributed by atoms with Gasteiger partial charge in [0.05, 0.1) is 21.7 Å². The number of fused-ring (bicyclic) bond motifs is 1. The van der Waals surface area contributed by atoms with Crippen molar-refractivity contribution >= 4 is 64.6 Å². The lowest BCUT2D eigenvalue weighted by Crippen LogP contribution is -1.89. The molecule has 3 rings (SSSR count). The lowest BCUT2D eigenvalue weighted by atomic mass is 10.2. The average molecular weight is 477 g/mol. The number of aromatic nitrogens is 1. The van der Waals surface area contributed by atoms with Gasteiger partial charge in [0.25, 0.3) is 0 Å². The van der Waals surface area contributed by atoms with Crippen molar-refractivity contribution in [2.24, 2.45) is 0 Å². The highest BCUT2D eigenvalue weighted by Crippen LogP contribution is 2.38. The van der Waals surface area contributed by atoms with Crippen LogP contribution in [0.15, 0.2) is 42.1 Å². The number of anilines is 1. The zero-order valence-corrected chi connectivity index (χ0v) is 15.5. The smallest absolute Gasteiger partial charge is 0.227 e. The van der Waals surface area contributed by atoms with Gasteiger partial charge >= 0.3 is 0 Å². The van der Waals surface area contributed by atoms with E-state index in [2.05, 4.69) is 52.8 Å². The van der Waals surface area contributed by atoms with E-state index in [1.165, 1.54) is 0 Å². The summed E-state index contributed by atoms with van der Waals surface area (Å²) in [5.74, 6) is 1.27. The summed E-state index contributed by atoms with van der Waals surface area (Å²) in [5.41, 5.74) is 8.75. The first-order valence-electron chi connectivity index (χ1n) is 5.89. The molecule has 0 aliphatic carbocycles. The summed E-state index contributed by atoms with van der Waals surface area (Å²) in [6, 6.07) is 7.45. The van der Waals surface area contributed by atoms with Crippen LogP contribution in [-0.4, -0.2) is 12.1 Å². The Labute approximate surface area is 146 Å². The molecule has 3 aromatic rings. The van der Waals surface area contributed by atoms with E-state index in [0.717, 1.165) is 24.7 Å². The fourth-order valence-electron chi connectivity index (χ4n) is 1.94. The SMILES string of the molecule is COc1ccc(-c2nc3c(Br)c(N)c(Br)cc3o2)cc1Br. The normalized spacial score (nSPS) is 11.0. The number of nitrogens with two attached hydrogens (primary N) is 1. The molecule has 0 aliphatic rings. The summed E-state index contributed by atoms with van der Waals surface area (Å²) >= 11 is 10.3. The van der Waals surface area contributed by atoms with Crippen LogP contribution in [0.3, 0.4) is 0 Å². The number of oxazole rings is 1. The van der Waals surface area contributed by atoms with Crippen LogP contribution in [0.1, 0.15) is 0 Å². The Morgan fingerprint density at radius 3 is 2.57 bits per heavy atom. The summed E-state index contributed by atoms with van der Waals surface area (Å²) in [4.78, 5) is 4.51. The predicted octanol–water partition coefficient (Wildman–Crippen LogP) is 5.37. The molecule has 2 aromatic carbocycles. The third-order valence-corrected chi connectivity index (χ3v) is 5.09. The molecule has 0 radical (unpaired) electrons. The molecule has 4 nitrogen and oxygen atoms in total. The quantitative estimate of drug-likeness (QED) is 0.505. The Kier molecular flexibility index (Phi) is 3.98. The van der Waals surface area contributed by atoms with Gasteiger partial charge in [0.2, 0.25) is 5.89 Å². The third kappa shape index (κ3) is 2.58. The fraction of sp³-hybridized carbons (Fsp3) is 0.0714. The largest absolute Gasteiger partial charge is 0.496 e. The molecular formula is C14H9Br3N2O2. The number of rotatable bonds is 2. The molecule has 0 amide bonds. The molecular weight excluding hydrogens is 468 g/mol. The topological polar surface area (TPSA) is 61.3 Å². The highest BCUT2D eigenvalue weighted by Gasteiger charge is 2.15. The maximum absolute atomic E-state index is 5.96. The van der Waals surface area contributed by atoms with E-state index in [1.54, 1.807) is 7.11 Å². The molecule has 0 spiro atoms. The Balaban J connectivity index is 2.17. The van der Waals surface area contributed by atoms with Crippen molar-refractivity contribution in [1.82, 2.24) is 4.98 Å². The van der Waals surface area contributed by atoms with Gasteiger partial charge in [-0.25, -0.2) is 4.98 Å². The van der Waals surface area contributed by atoms with E-state index in [4.69, 9.17) is 14.9 Å². The van der Waals surface area contributed by atoms with Crippen molar-refractivity contribution in [3.8, 4) is 17.2 Å². The Bertz CT molecular complexity index is 846. The molecule has 0 saturated heterocycles. The summed E-state index contributed by atoms with van der Waals surface area (Å²) in [6.45, 7) is 0. The van der Waals surface area contributed by atoms with Gasteiger partial charge < -0.3 is 14.9 Å². The summed E-state index contributed by atoms with van der Waals surface area (Å²) in [7, 11) is 1.62. The van der Waals surface area contributed by atoms with Crippen LogP contribution in [0, 0.1) is 0 Å². The van der Waals surface area contributed by atoms with Gasteiger partial charge in [-0.1, -0.05) is 0 Å². The van der Waals surface area contributed by atoms with Gasteiger partial charge in [0, 0.05) is 10.0 Å². The lowest BCUT2D eigenvalue weighted by molar-refractivity contribution is 0.412. The monoisotopic (exact) mass is 474 g/mol. The maximum Gasteiger partial charge on any atom is 0.227 e. The minimum atomic E-state index is 0.520. The van der Waals surface area contributed by atoms with E-state index >= 15 is 0 Å². The molecule has 0 atom stereocenters. The minimum Gasteiger partial charge on any atom is -0.496 e. The van der Waals surface area contributed by atoms with E-state index in [0.29, 0.717) is 22.7 Å². The van der Waals surface area contributed by atoms with Gasteiger partial charge in [-0.2, -0.15) is 0 Å². The first-order valence-corrected chi connectivity index (χ1v) is 8.27. The molecule has 0 fully saturated rings. The molecule has 7 heteroatoms. The number of ether oxygens (including phenoxy) is 1. The van der Waals surface area contributed by atoms with Crippen LogP contribution in [0.4, 0.5) is 5.69 Å². The van der Waals surface area contributed by atoms with E-state index < -0.39 is 0 Å². The molecule has 21 heavy (non-hydrogen) atoms. The molecule has 2 N–H and O–H groups in total. The predicted molar refractivity (Wildman–Crippen MR) is 93.5 cm³/mol. The zero-order chi connectivity index (χ0) is 15.1. The number of halogens is 3. The van der Waals surface area contributed by atoms with Crippen LogP contribution in [0.5, 0.6) is 5.75 Å². The fourth-order valence-corrected chi connectivity index (χ4v) is 3.65. The number of nitrogens with zero attached hydrogens (tertiary/aromatic N) is 1. The van der Waals surface area contributed by atoms with Crippen molar-refractivity contribution in [3.63, 3.8) is 0 Å².